The van der Waals surface area contributed by atoms with E-state index in [2.05, 4.69) is 4.74 Å². The number of ether oxygens (including phenoxy) is 1. The maximum Gasteiger partial charge on any atom is 0.573 e. The third kappa shape index (κ3) is 2.75. The summed E-state index contributed by atoms with van der Waals surface area (Å²) >= 11 is 0. The molecule has 0 saturated carbocycles. The first-order valence-corrected chi connectivity index (χ1v) is 3.46. The van der Waals surface area contributed by atoms with E-state index in [-0.39, 0.29) is 0 Å². The van der Waals surface area contributed by atoms with Crippen LogP contribution in [0.5, 0.6) is 5.75 Å². The maximum absolute atomic E-state index is 12.1. The van der Waals surface area contributed by atoms with Crippen LogP contribution in [0.15, 0.2) is 16.9 Å². The smallest absolute Gasteiger partial charge is 0.404 e. The van der Waals surface area contributed by atoms with Gasteiger partial charge in [0.1, 0.15) is 6.67 Å². The van der Waals surface area contributed by atoms with Crippen molar-refractivity contribution in [3.05, 3.63) is 28.2 Å². The van der Waals surface area contributed by atoms with Crippen LogP contribution in [0.3, 0.4) is 0 Å². The highest BCUT2D eigenvalue weighted by atomic mass is 19.4. The molecule has 1 N–H and O–H groups in total. The Kier molecular flexibility index (Phi) is 2.78. The van der Waals surface area contributed by atoms with Gasteiger partial charge in [-0.25, -0.2) is 4.39 Å². The van der Waals surface area contributed by atoms with Crippen LogP contribution in [0.4, 0.5) is 17.6 Å². The molecule has 0 unspecified atom stereocenters. The zero-order chi connectivity index (χ0) is 10.8. The molecule has 1 aromatic heterocycles. The Morgan fingerprint density at radius 1 is 1.36 bits per heavy atom. The molecule has 0 spiro atoms. The van der Waals surface area contributed by atoms with E-state index in [4.69, 9.17) is 0 Å². The molecule has 0 fully saturated rings. The fourth-order valence-corrected chi connectivity index (χ4v) is 0.824. The summed E-state index contributed by atoms with van der Waals surface area (Å²) in [7, 11) is 0. The van der Waals surface area contributed by atoms with Crippen molar-refractivity contribution < 1.29 is 22.3 Å². The number of hydrogen-bond donors (Lipinski definition) is 1. The summed E-state index contributed by atoms with van der Waals surface area (Å²) in [4.78, 5) is 12.5. The van der Waals surface area contributed by atoms with Crippen molar-refractivity contribution in [2.75, 3.05) is 0 Å². The highest BCUT2D eigenvalue weighted by Crippen LogP contribution is 2.24. The zero-order valence-electron chi connectivity index (χ0n) is 6.69. The number of halogens is 4. The van der Waals surface area contributed by atoms with E-state index in [0.717, 1.165) is 12.1 Å². The molecule has 0 aliphatic carbocycles. The van der Waals surface area contributed by atoms with E-state index in [1.165, 1.54) is 0 Å². The summed E-state index contributed by atoms with van der Waals surface area (Å²) in [6.45, 7) is -1.23. The summed E-state index contributed by atoms with van der Waals surface area (Å²) in [6.07, 6.45) is -4.90. The zero-order valence-corrected chi connectivity index (χ0v) is 6.69. The van der Waals surface area contributed by atoms with Gasteiger partial charge in [-0.3, -0.25) is 4.79 Å². The standard InChI is InChI=1S/C7H5F4NO2/c8-3-4-5(14-7(9,10)11)1-2-6(13)12-4/h1-2H,3H2,(H,12,13). The minimum Gasteiger partial charge on any atom is -0.404 e. The van der Waals surface area contributed by atoms with Gasteiger partial charge in [-0.05, 0) is 6.07 Å². The lowest BCUT2D eigenvalue weighted by Crippen LogP contribution is -2.19. The van der Waals surface area contributed by atoms with Crippen LogP contribution in [-0.2, 0) is 6.67 Å². The first-order valence-electron chi connectivity index (χ1n) is 3.46. The third-order valence-electron chi connectivity index (χ3n) is 1.32. The molecule has 1 heterocycles. The minimum absolute atomic E-state index is 0.533. The monoisotopic (exact) mass is 211 g/mol. The fourth-order valence-electron chi connectivity index (χ4n) is 0.824. The normalized spacial score (nSPS) is 11.4. The number of H-pyrrole nitrogens is 1. The Labute approximate surface area is 75.3 Å². The quantitative estimate of drug-likeness (QED) is 0.757. The fraction of sp³-hybridized carbons (Fsp3) is 0.286. The Morgan fingerprint density at radius 2 is 2.00 bits per heavy atom. The second kappa shape index (κ2) is 3.69. The number of aromatic amines is 1. The number of rotatable bonds is 2. The largest absolute Gasteiger partial charge is 0.573 e. The molecule has 0 bridgehead atoms. The van der Waals surface area contributed by atoms with E-state index >= 15 is 0 Å². The van der Waals surface area contributed by atoms with Gasteiger partial charge < -0.3 is 9.72 Å². The Bertz CT molecular complexity index is 371. The van der Waals surface area contributed by atoms with Gasteiger partial charge in [0.25, 0.3) is 0 Å². The number of aromatic nitrogens is 1. The highest BCUT2D eigenvalue weighted by molar-refractivity contribution is 5.26. The molecule has 0 saturated heterocycles. The summed E-state index contributed by atoms with van der Waals surface area (Å²) in [5, 5.41) is 0. The molecule has 1 aromatic rings. The van der Waals surface area contributed by atoms with Gasteiger partial charge in [0.05, 0.1) is 5.69 Å². The minimum atomic E-state index is -4.90. The van der Waals surface area contributed by atoms with Crippen LogP contribution in [0.2, 0.25) is 0 Å². The van der Waals surface area contributed by atoms with Gasteiger partial charge in [0, 0.05) is 6.07 Å². The van der Waals surface area contributed by atoms with Gasteiger partial charge in [-0.2, -0.15) is 0 Å². The highest BCUT2D eigenvalue weighted by Gasteiger charge is 2.32. The number of pyridine rings is 1. The van der Waals surface area contributed by atoms with Crippen molar-refractivity contribution in [3.8, 4) is 5.75 Å². The third-order valence-corrected chi connectivity index (χ3v) is 1.32. The predicted octanol–water partition coefficient (Wildman–Crippen LogP) is 1.74. The van der Waals surface area contributed by atoms with Crippen molar-refractivity contribution >= 4 is 0 Å². The summed E-state index contributed by atoms with van der Waals surface area (Å²) in [6, 6.07) is 1.58. The van der Waals surface area contributed by atoms with Crippen molar-refractivity contribution in [1.82, 2.24) is 4.98 Å². The second-order valence-electron chi connectivity index (χ2n) is 2.35. The van der Waals surface area contributed by atoms with Gasteiger partial charge in [-0.1, -0.05) is 0 Å². The van der Waals surface area contributed by atoms with Crippen LogP contribution in [-0.4, -0.2) is 11.3 Å². The van der Waals surface area contributed by atoms with Crippen molar-refractivity contribution in [1.29, 1.82) is 0 Å². The molecule has 0 aliphatic rings. The van der Waals surface area contributed by atoms with Gasteiger partial charge in [0.15, 0.2) is 5.75 Å². The summed E-state index contributed by atoms with van der Waals surface area (Å²) in [5.74, 6) is -0.736. The molecule has 0 aliphatic heterocycles. The van der Waals surface area contributed by atoms with Crippen LogP contribution in [0.1, 0.15) is 5.69 Å². The molecule has 78 valence electrons. The van der Waals surface area contributed by atoms with Gasteiger partial charge >= 0.3 is 6.36 Å². The first kappa shape index (κ1) is 10.6. The number of nitrogens with one attached hydrogen (secondary N) is 1. The average molecular weight is 211 g/mol. The SMILES string of the molecule is O=c1ccc(OC(F)(F)F)c(CF)[nH]1. The molecular formula is C7H5F4NO2. The average Bonchev–Trinajstić information content (AvgIpc) is 2.06. The van der Waals surface area contributed by atoms with Gasteiger partial charge in [0.2, 0.25) is 5.56 Å². The van der Waals surface area contributed by atoms with Crippen molar-refractivity contribution in [2.45, 2.75) is 13.0 Å². The number of hydrogen-bond acceptors (Lipinski definition) is 2. The summed E-state index contributed by atoms with van der Waals surface area (Å²) in [5.41, 5.74) is -1.22. The maximum atomic E-state index is 12.1. The van der Waals surface area contributed by atoms with Crippen molar-refractivity contribution in [3.63, 3.8) is 0 Å². The lowest BCUT2D eigenvalue weighted by molar-refractivity contribution is -0.275. The molecule has 14 heavy (non-hydrogen) atoms. The Morgan fingerprint density at radius 3 is 2.50 bits per heavy atom. The van der Waals surface area contributed by atoms with E-state index in [9.17, 15) is 22.4 Å². The van der Waals surface area contributed by atoms with E-state index in [0.29, 0.717) is 0 Å². The van der Waals surface area contributed by atoms with Crippen LogP contribution in [0, 0.1) is 0 Å². The second-order valence-corrected chi connectivity index (χ2v) is 2.35. The molecule has 1 rings (SSSR count). The lowest BCUT2D eigenvalue weighted by atomic mass is 10.3. The Hall–Kier alpha value is -1.53. The molecule has 7 heteroatoms. The molecule has 0 amide bonds. The van der Waals surface area contributed by atoms with Gasteiger partial charge in [-0.15, -0.1) is 13.2 Å². The van der Waals surface area contributed by atoms with Crippen molar-refractivity contribution in [2.24, 2.45) is 0 Å². The molecular weight excluding hydrogens is 206 g/mol. The predicted molar refractivity (Wildman–Crippen MR) is 38.6 cm³/mol. The topological polar surface area (TPSA) is 42.1 Å². The molecule has 3 nitrogen and oxygen atoms in total. The van der Waals surface area contributed by atoms with E-state index < -0.39 is 30.0 Å². The lowest BCUT2D eigenvalue weighted by Gasteiger charge is -2.10. The van der Waals surface area contributed by atoms with Crippen LogP contribution >= 0.6 is 0 Å². The van der Waals surface area contributed by atoms with Crippen LogP contribution < -0.4 is 10.3 Å². The molecule has 0 radical (unpaired) electrons. The van der Waals surface area contributed by atoms with E-state index in [1.54, 1.807) is 0 Å². The molecule has 0 aromatic carbocycles. The van der Waals surface area contributed by atoms with Crippen LogP contribution in [0.25, 0.3) is 0 Å². The summed E-state index contributed by atoms with van der Waals surface area (Å²) < 4.78 is 50.8. The Balaban J connectivity index is 3.03. The number of alkyl halides is 4. The van der Waals surface area contributed by atoms with E-state index in [1.807, 2.05) is 4.98 Å². The first-order chi connectivity index (χ1) is 6.42. The molecule has 0 atom stereocenters.